The second kappa shape index (κ2) is 6.39. The van der Waals surface area contributed by atoms with Crippen LogP contribution < -0.4 is 21.3 Å². The summed E-state index contributed by atoms with van der Waals surface area (Å²) in [6, 6.07) is 5.12. The number of aromatic nitrogens is 2. The van der Waals surface area contributed by atoms with Gasteiger partial charge in [0.1, 0.15) is 5.82 Å². The molecule has 1 aliphatic heterocycles. The van der Waals surface area contributed by atoms with Crippen LogP contribution in [-0.2, 0) is 0 Å². The van der Waals surface area contributed by atoms with E-state index in [-0.39, 0.29) is 0 Å². The Kier molecular flexibility index (Phi) is 4.44. The molecular weight excluding hydrogens is 353 g/mol. The molecule has 1 aromatic carbocycles. The van der Waals surface area contributed by atoms with E-state index in [0.717, 1.165) is 6.54 Å². The molecular formula is C14H17Cl2N7O. The van der Waals surface area contributed by atoms with Gasteiger partial charge in [-0.05, 0) is 42.6 Å². The number of anilines is 3. The van der Waals surface area contributed by atoms with Gasteiger partial charge in [-0.2, -0.15) is 0 Å². The van der Waals surface area contributed by atoms with E-state index in [1.54, 1.807) is 28.0 Å². The number of nitrogens with zero attached hydrogens (tertiary/aromatic N) is 5. The number of rotatable bonds is 4. The predicted octanol–water partition coefficient (Wildman–Crippen LogP) is 1.94. The van der Waals surface area contributed by atoms with Crippen molar-refractivity contribution in [1.29, 1.82) is 0 Å². The van der Waals surface area contributed by atoms with Gasteiger partial charge in [-0.3, -0.25) is 4.90 Å². The summed E-state index contributed by atoms with van der Waals surface area (Å²) in [4.78, 5) is 5.44. The highest BCUT2D eigenvalue weighted by Gasteiger charge is 2.34. The van der Waals surface area contributed by atoms with Crippen LogP contribution in [0.25, 0.3) is 0 Å². The molecule has 0 aliphatic carbocycles. The average molecular weight is 370 g/mol. The molecule has 0 unspecified atom stereocenters. The van der Waals surface area contributed by atoms with Crippen molar-refractivity contribution in [2.45, 2.75) is 0 Å². The van der Waals surface area contributed by atoms with Crippen LogP contribution in [0, 0.1) is 0 Å². The molecule has 128 valence electrons. The Morgan fingerprint density at radius 3 is 2.46 bits per heavy atom. The van der Waals surface area contributed by atoms with Crippen molar-refractivity contribution >= 4 is 40.5 Å². The third-order valence-electron chi connectivity index (χ3n) is 3.65. The minimum Gasteiger partial charge on any atom is -0.382 e. The van der Waals surface area contributed by atoms with Crippen molar-refractivity contribution in [1.82, 2.24) is 15.2 Å². The summed E-state index contributed by atoms with van der Waals surface area (Å²) in [5.41, 5.74) is 13.1. The standard InChI is InChI=1S/C14H17Cl2N7O/c1-21(2)5-6-22-11(17)12(18)23(14-13(22)19-24-20-14)8-3-4-9(15)10(16)7-8/h3-4,7H,5-6,17-18H2,1-2H3. The average Bonchev–Trinajstić information content (AvgIpc) is 2.99. The highest BCUT2D eigenvalue weighted by molar-refractivity contribution is 6.42. The van der Waals surface area contributed by atoms with Gasteiger partial charge >= 0.3 is 0 Å². The van der Waals surface area contributed by atoms with E-state index in [4.69, 9.17) is 39.3 Å². The minimum absolute atomic E-state index is 0.315. The third kappa shape index (κ3) is 2.83. The second-order valence-electron chi connectivity index (χ2n) is 5.57. The lowest BCUT2D eigenvalue weighted by Crippen LogP contribution is -2.43. The Labute approximate surface area is 149 Å². The Morgan fingerprint density at radius 2 is 1.79 bits per heavy atom. The number of hydrogen-bond acceptors (Lipinski definition) is 8. The first-order valence-electron chi connectivity index (χ1n) is 7.15. The molecule has 0 atom stereocenters. The first-order valence-corrected chi connectivity index (χ1v) is 7.91. The fourth-order valence-corrected chi connectivity index (χ4v) is 2.68. The summed E-state index contributed by atoms with van der Waals surface area (Å²) < 4.78 is 4.91. The van der Waals surface area contributed by atoms with Crippen molar-refractivity contribution in [3.8, 4) is 0 Å². The maximum atomic E-state index is 6.25. The molecule has 4 N–H and O–H groups in total. The zero-order valence-electron chi connectivity index (χ0n) is 13.2. The van der Waals surface area contributed by atoms with Crippen LogP contribution in [-0.4, -0.2) is 42.4 Å². The highest BCUT2D eigenvalue weighted by Crippen LogP contribution is 2.40. The van der Waals surface area contributed by atoms with Crippen LogP contribution >= 0.6 is 23.2 Å². The van der Waals surface area contributed by atoms with Gasteiger partial charge in [-0.1, -0.05) is 23.2 Å². The number of hydrogen-bond donors (Lipinski definition) is 2. The molecule has 10 heteroatoms. The predicted molar refractivity (Wildman–Crippen MR) is 94.2 cm³/mol. The molecule has 3 rings (SSSR count). The molecule has 0 amide bonds. The summed E-state index contributed by atoms with van der Waals surface area (Å²) in [5, 5.41) is 8.78. The molecule has 0 saturated heterocycles. The van der Waals surface area contributed by atoms with E-state index in [1.807, 2.05) is 19.0 Å². The summed E-state index contributed by atoms with van der Waals surface area (Å²) >= 11 is 12.1. The van der Waals surface area contributed by atoms with Gasteiger partial charge in [0.15, 0.2) is 5.82 Å². The monoisotopic (exact) mass is 369 g/mol. The first-order chi connectivity index (χ1) is 11.4. The molecule has 0 fully saturated rings. The first kappa shape index (κ1) is 16.7. The molecule has 0 spiro atoms. The van der Waals surface area contributed by atoms with E-state index < -0.39 is 0 Å². The van der Waals surface area contributed by atoms with Crippen molar-refractivity contribution in [3.05, 3.63) is 39.9 Å². The van der Waals surface area contributed by atoms with Crippen molar-refractivity contribution < 1.29 is 4.63 Å². The van der Waals surface area contributed by atoms with Gasteiger partial charge in [-0.15, -0.1) is 0 Å². The van der Waals surface area contributed by atoms with Crippen LogP contribution in [0.2, 0.25) is 10.0 Å². The number of benzene rings is 1. The fourth-order valence-electron chi connectivity index (χ4n) is 2.38. The normalized spacial score (nSPS) is 14.5. The number of fused-ring (bicyclic) bond motifs is 1. The van der Waals surface area contributed by atoms with Gasteiger partial charge < -0.3 is 21.3 Å². The van der Waals surface area contributed by atoms with Gasteiger partial charge in [0.25, 0.3) is 0 Å². The number of likely N-dealkylation sites (N-methyl/N-ethyl adjacent to an activating group) is 1. The lowest BCUT2D eigenvalue weighted by Gasteiger charge is -2.34. The van der Waals surface area contributed by atoms with E-state index in [9.17, 15) is 0 Å². The van der Waals surface area contributed by atoms with Crippen molar-refractivity contribution in [2.75, 3.05) is 37.0 Å². The summed E-state index contributed by atoms with van der Waals surface area (Å²) in [6.45, 7) is 1.35. The van der Waals surface area contributed by atoms with E-state index in [1.165, 1.54) is 0 Å². The summed E-state index contributed by atoms with van der Waals surface area (Å²) in [5.74, 6) is 1.62. The molecule has 8 nitrogen and oxygen atoms in total. The van der Waals surface area contributed by atoms with Gasteiger partial charge in [0, 0.05) is 13.1 Å². The maximum Gasteiger partial charge on any atom is 0.228 e. The smallest absolute Gasteiger partial charge is 0.228 e. The van der Waals surface area contributed by atoms with Gasteiger partial charge in [0.05, 0.1) is 15.7 Å². The van der Waals surface area contributed by atoms with Crippen LogP contribution in [0.15, 0.2) is 34.5 Å². The Morgan fingerprint density at radius 1 is 1.08 bits per heavy atom. The van der Waals surface area contributed by atoms with E-state index in [0.29, 0.717) is 45.6 Å². The van der Waals surface area contributed by atoms with Crippen molar-refractivity contribution in [3.63, 3.8) is 0 Å². The topological polar surface area (TPSA) is 101 Å². The molecule has 1 aliphatic rings. The second-order valence-corrected chi connectivity index (χ2v) is 6.39. The zero-order chi connectivity index (χ0) is 17.4. The Balaban J connectivity index is 2.05. The molecule has 2 aromatic rings. The molecule has 0 saturated carbocycles. The van der Waals surface area contributed by atoms with Crippen LogP contribution in [0.5, 0.6) is 0 Å². The fraction of sp³-hybridized carbons (Fsp3) is 0.286. The van der Waals surface area contributed by atoms with E-state index >= 15 is 0 Å². The van der Waals surface area contributed by atoms with Crippen molar-refractivity contribution in [2.24, 2.45) is 11.5 Å². The molecule has 24 heavy (non-hydrogen) atoms. The molecule has 0 bridgehead atoms. The largest absolute Gasteiger partial charge is 0.382 e. The molecule has 2 heterocycles. The number of nitrogens with two attached hydrogens (primary N) is 2. The highest BCUT2D eigenvalue weighted by atomic mass is 35.5. The van der Waals surface area contributed by atoms with E-state index in [2.05, 4.69) is 10.3 Å². The maximum absolute atomic E-state index is 6.25. The Hall–Kier alpha value is -2.16. The lowest BCUT2D eigenvalue weighted by molar-refractivity contribution is 0.308. The zero-order valence-corrected chi connectivity index (χ0v) is 14.7. The van der Waals surface area contributed by atoms with Gasteiger partial charge in [0.2, 0.25) is 11.6 Å². The van der Waals surface area contributed by atoms with Crippen LogP contribution in [0.3, 0.4) is 0 Å². The third-order valence-corrected chi connectivity index (χ3v) is 4.39. The summed E-state index contributed by atoms with van der Waals surface area (Å²) in [7, 11) is 3.94. The molecule has 1 aromatic heterocycles. The SMILES string of the molecule is CN(C)CCN1C(N)=C(N)N(c2ccc(Cl)c(Cl)c2)c2nonc21. The minimum atomic E-state index is 0.315. The quantitative estimate of drug-likeness (QED) is 0.842. The van der Waals surface area contributed by atoms with Gasteiger partial charge in [-0.25, -0.2) is 4.63 Å². The summed E-state index contributed by atoms with van der Waals surface area (Å²) in [6.07, 6.45) is 0. The number of halogens is 2. The van der Waals surface area contributed by atoms with Crippen LogP contribution in [0.4, 0.5) is 17.3 Å². The Bertz CT molecular complexity index is 789. The van der Waals surface area contributed by atoms with Crippen LogP contribution in [0.1, 0.15) is 0 Å². The molecule has 0 radical (unpaired) electrons. The lowest BCUT2D eigenvalue weighted by atomic mass is 10.2.